The van der Waals surface area contributed by atoms with Gasteiger partial charge in [0.1, 0.15) is 0 Å². The Morgan fingerprint density at radius 3 is 2.95 bits per heavy atom. The molecule has 0 bridgehead atoms. The van der Waals surface area contributed by atoms with Crippen LogP contribution in [0.15, 0.2) is 16.0 Å². The summed E-state index contributed by atoms with van der Waals surface area (Å²) in [5.41, 5.74) is 0.682. The second-order valence-corrected chi connectivity index (χ2v) is 5.44. The third-order valence-electron chi connectivity index (χ3n) is 2.57. The molecule has 106 valence electrons. The molecule has 1 N–H and O–H groups in total. The highest BCUT2D eigenvalue weighted by atomic mass is 32.2. The minimum absolute atomic E-state index is 0.0457. The zero-order valence-corrected chi connectivity index (χ0v) is 12.5. The van der Waals surface area contributed by atoms with Gasteiger partial charge in [-0.05, 0) is 19.8 Å². The van der Waals surface area contributed by atoms with Crippen molar-refractivity contribution >= 4 is 17.7 Å². The molecule has 0 saturated carbocycles. The summed E-state index contributed by atoms with van der Waals surface area (Å²) in [7, 11) is 1.71. The summed E-state index contributed by atoms with van der Waals surface area (Å²) in [5, 5.41) is 3.55. The molecule has 0 unspecified atom stereocenters. The van der Waals surface area contributed by atoms with Crippen molar-refractivity contribution < 1.29 is 4.79 Å². The van der Waals surface area contributed by atoms with Crippen molar-refractivity contribution in [2.45, 2.75) is 38.3 Å². The quantitative estimate of drug-likeness (QED) is 0.468. The van der Waals surface area contributed by atoms with Crippen molar-refractivity contribution in [2.24, 2.45) is 7.05 Å². The van der Waals surface area contributed by atoms with Crippen molar-refractivity contribution in [3.63, 3.8) is 0 Å². The maximum atomic E-state index is 11.6. The van der Waals surface area contributed by atoms with E-state index in [0.717, 1.165) is 30.8 Å². The molecule has 1 aromatic heterocycles. The zero-order valence-electron chi connectivity index (χ0n) is 11.7. The molecule has 6 heteroatoms. The van der Waals surface area contributed by atoms with E-state index < -0.39 is 0 Å². The lowest BCUT2D eigenvalue weighted by atomic mass is 10.3. The Labute approximate surface area is 117 Å². The number of carbonyl (C=O) groups is 1. The van der Waals surface area contributed by atoms with Crippen LogP contribution in [0.3, 0.4) is 0 Å². The van der Waals surface area contributed by atoms with Crippen LogP contribution >= 0.6 is 11.8 Å². The van der Waals surface area contributed by atoms with Crippen LogP contribution in [0.1, 0.15) is 31.9 Å². The van der Waals surface area contributed by atoms with Crippen LogP contribution in [0, 0.1) is 6.92 Å². The molecule has 0 atom stereocenters. The first kappa shape index (κ1) is 15.8. The van der Waals surface area contributed by atoms with Crippen molar-refractivity contribution in [1.29, 1.82) is 0 Å². The van der Waals surface area contributed by atoms with Crippen molar-refractivity contribution in [3.05, 3.63) is 22.1 Å². The first-order valence-electron chi connectivity index (χ1n) is 6.48. The van der Waals surface area contributed by atoms with E-state index in [9.17, 15) is 9.59 Å². The third-order valence-corrected chi connectivity index (χ3v) is 3.69. The van der Waals surface area contributed by atoms with Gasteiger partial charge in [-0.2, -0.15) is 0 Å². The summed E-state index contributed by atoms with van der Waals surface area (Å²) in [6.07, 6.45) is 2.26. The summed E-state index contributed by atoms with van der Waals surface area (Å²) in [6.45, 7) is 4.57. The lowest BCUT2D eigenvalue weighted by Crippen LogP contribution is -2.23. The highest BCUT2D eigenvalue weighted by molar-refractivity contribution is 7.99. The third kappa shape index (κ3) is 5.46. The predicted molar refractivity (Wildman–Crippen MR) is 77.5 cm³/mol. The number of aromatic nitrogens is 2. The molecular formula is C13H21N3O2S. The Morgan fingerprint density at radius 2 is 2.26 bits per heavy atom. The highest BCUT2D eigenvalue weighted by Gasteiger charge is 2.05. The molecule has 1 amide bonds. The first-order chi connectivity index (χ1) is 9.04. The fourth-order valence-electron chi connectivity index (χ4n) is 1.51. The SMILES string of the molecule is CCCNC(=O)CCCSc1nc(C)cc(=O)n1C. The van der Waals surface area contributed by atoms with Crippen LogP contribution < -0.4 is 10.9 Å². The molecule has 1 aromatic rings. The first-order valence-corrected chi connectivity index (χ1v) is 7.47. The van der Waals surface area contributed by atoms with Crippen LogP contribution in [0.25, 0.3) is 0 Å². The molecule has 0 saturated heterocycles. The smallest absolute Gasteiger partial charge is 0.254 e. The summed E-state index contributed by atoms with van der Waals surface area (Å²) in [6, 6.07) is 1.52. The Bertz CT molecular complexity index is 485. The fourth-order valence-corrected chi connectivity index (χ4v) is 2.47. The molecule has 0 fully saturated rings. The van der Waals surface area contributed by atoms with E-state index in [1.165, 1.54) is 22.4 Å². The van der Waals surface area contributed by atoms with Gasteiger partial charge in [0, 0.05) is 37.5 Å². The molecule has 0 aliphatic carbocycles. The van der Waals surface area contributed by atoms with Gasteiger partial charge in [-0.15, -0.1) is 0 Å². The maximum Gasteiger partial charge on any atom is 0.254 e. The molecule has 0 spiro atoms. The summed E-state index contributed by atoms with van der Waals surface area (Å²) in [4.78, 5) is 27.3. The lowest BCUT2D eigenvalue weighted by Gasteiger charge is -2.07. The average Bonchev–Trinajstić information content (AvgIpc) is 2.37. The molecule has 19 heavy (non-hydrogen) atoms. The fraction of sp³-hybridized carbons (Fsp3) is 0.615. The minimum atomic E-state index is -0.0457. The van der Waals surface area contributed by atoms with Crippen LogP contribution in [0.4, 0.5) is 0 Å². The number of aryl methyl sites for hydroxylation is 1. The Balaban J connectivity index is 2.38. The van der Waals surface area contributed by atoms with Gasteiger partial charge in [0.2, 0.25) is 5.91 Å². The monoisotopic (exact) mass is 283 g/mol. The number of amides is 1. The van der Waals surface area contributed by atoms with E-state index in [1.807, 2.05) is 13.8 Å². The Morgan fingerprint density at radius 1 is 1.53 bits per heavy atom. The van der Waals surface area contributed by atoms with E-state index in [-0.39, 0.29) is 11.5 Å². The Kier molecular flexibility index (Phi) is 6.62. The van der Waals surface area contributed by atoms with E-state index in [1.54, 1.807) is 7.05 Å². The molecular weight excluding hydrogens is 262 g/mol. The number of nitrogens with zero attached hydrogens (tertiary/aromatic N) is 2. The second kappa shape index (κ2) is 7.99. The molecule has 0 aromatic carbocycles. The lowest BCUT2D eigenvalue weighted by molar-refractivity contribution is -0.121. The van der Waals surface area contributed by atoms with E-state index >= 15 is 0 Å². The van der Waals surface area contributed by atoms with Gasteiger partial charge in [0.05, 0.1) is 0 Å². The maximum absolute atomic E-state index is 11.6. The number of carbonyl (C=O) groups excluding carboxylic acids is 1. The van der Waals surface area contributed by atoms with Crippen LogP contribution in [0.2, 0.25) is 0 Å². The summed E-state index contributed by atoms with van der Waals surface area (Å²) in [5.74, 6) is 0.872. The van der Waals surface area contributed by atoms with Crippen LogP contribution in [-0.2, 0) is 11.8 Å². The molecule has 0 aliphatic heterocycles. The van der Waals surface area contributed by atoms with E-state index in [2.05, 4.69) is 10.3 Å². The summed E-state index contributed by atoms with van der Waals surface area (Å²) >= 11 is 1.51. The number of hydrogen-bond acceptors (Lipinski definition) is 4. The highest BCUT2D eigenvalue weighted by Crippen LogP contribution is 2.15. The number of rotatable bonds is 7. The molecule has 5 nitrogen and oxygen atoms in total. The van der Waals surface area contributed by atoms with Crippen LogP contribution in [0.5, 0.6) is 0 Å². The molecule has 1 heterocycles. The zero-order chi connectivity index (χ0) is 14.3. The topological polar surface area (TPSA) is 64.0 Å². The van der Waals surface area contributed by atoms with Gasteiger partial charge in [-0.1, -0.05) is 18.7 Å². The predicted octanol–water partition coefficient (Wildman–Crippen LogP) is 1.49. The molecule has 0 aliphatic rings. The van der Waals surface area contributed by atoms with Crippen molar-refractivity contribution in [2.75, 3.05) is 12.3 Å². The molecule has 1 rings (SSSR count). The summed E-state index contributed by atoms with van der Waals surface area (Å²) < 4.78 is 1.54. The number of thioether (sulfide) groups is 1. The van der Waals surface area contributed by atoms with E-state index in [4.69, 9.17) is 0 Å². The number of nitrogens with one attached hydrogen (secondary N) is 1. The van der Waals surface area contributed by atoms with Gasteiger partial charge in [-0.3, -0.25) is 14.2 Å². The standard InChI is InChI=1S/C13H21N3O2S/c1-4-7-14-11(17)6-5-8-19-13-15-10(2)9-12(18)16(13)3/h9H,4-8H2,1-3H3,(H,14,17). The van der Waals surface area contributed by atoms with E-state index in [0.29, 0.717) is 11.6 Å². The second-order valence-electron chi connectivity index (χ2n) is 4.38. The average molecular weight is 283 g/mol. The van der Waals surface area contributed by atoms with Crippen molar-refractivity contribution in [3.8, 4) is 0 Å². The normalized spacial score (nSPS) is 10.5. The van der Waals surface area contributed by atoms with Crippen molar-refractivity contribution in [1.82, 2.24) is 14.9 Å². The Hall–Kier alpha value is -1.30. The number of hydrogen-bond donors (Lipinski definition) is 1. The van der Waals surface area contributed by atoms with Gasteiger partial charge in [-0.25, -0.2) is 4.98 Å². The van der Waals surface area contributed by atoms with Gasteiger partial charge in [0.15, 0.2) is 5.16 Å². The molecule has 0 radical (unpaired) electrons. The van der Waals surface area contributed by atoms with Crippen LogP contribution in [-0.4, -0.2) is 27.8 Å². The van der Waals surface area contributed by atoms with Gasteiger partial charge in [0.25, 0.3) is 5.56 Å². The largest absolute Gasteiger partial charge is 0.356 e. The minimum Gasteiger partial charge on any atom is -0.356 e. The van der Waals surface area contributed by atoms with Gasteiger partial charge < -0.3 is 5.32 Å². The van der Waals surface area contributed by atoms with Gasteiger partial charge >= 0.3 is 0 Å².